The van der Waals surface area contributed by atoms with E-state index < -0.39 is 175 Å². The topological polar surface area (TPSA) is 403 Å². The first kappa shape index (κ1) is 78.9. The lowest BCUT2D eigenvalue weighted by atomic mass is 9.83. The zero-order valence-corrected chi connectivity index (χ0v) is 58.2. The number of carbonyl (C=O) groups is 13. The fraction of sp³-hybridized carbons (Fsp3) is 0.643. The van der Waals surface area contributed by atoms with Gasteiger partial charge in [0.1, 0.15) is 60.4 Å². The van der Waals surface area contributed by atoms with Gasteiger partial charge in [-0.15, -0.1) is 0 Å². The van der Waals surface area contributed by atoms with Gasteiger partial charge in [0.25, 0.3) is 0 Å². The first-order valence-electron chi connectivity index (χ1n) is 34.7. The molecule has 11 amide bonds. The maximum atomic E-state index is 15.5. The van der Waals surface area contributed by atoms with E-state index in [1.165, 1.54) is 21.7 Å². The molecule has 98 heavy (non-hydrogen) atoms. The number of amides is 11. The van der Waals surface area contributed by atoms with Crippen LogP contribution in [0.3, 0.4) is 0 Å². The number of likely N-dealkylation sites (N-methyl/N-ethyl adjacent to an activating group) is 1. The van der Waals surface area contributed by atoms with Crippen molar-refractivity contribution < 1.29 is 77.6 Å². The molecular weight excluding hydrogens is 1280 g/mol. The van der Waals surface area contributed by atoms with Crippen LogP contribution in [-0.4, -0.2) is 199 Å². The summed E-state index contributed by atoms with van der Waals surface area (Å²) in [6.07, 6.45) is 6.89. The molecule has 28 heteroatoms. The third-order valence-electron chi connectivity index (χ3n) is 19.5. The lowest BCUT2D eigenvalue weighted by Gasteiger charge is -2.37. The Kier molecular flexibility index (Phi) is 30.8. The van der Waals surface area contributed by atoms with Crippen molar-refractivity contribution in [2.45, 2.75) is 235 Å². The minimum absolute atomic E-state index is 0.00821. The Labute approximate surface area is 579 Å². The van der Waals surface area contributed by atoms with Crippen molar-refractivity contribution in [3.63, 3.8) is 0 Å². The van der Waals surface area contributed by atoms with E-state index >= 15 is 14.4 Å². The van der Waals surface area contributed by atoms with Gasteiger partial charge < -0.3 is 73.0 Å². The summed E-state index contributed by atoms with van der Waals surface area (Å²) in [5, 5.41) is 49.1. The zero-order chi connectivity index (χ0) is 71.9. The number of nitrogens with zero attached hydrogens (tertiary/aromatic N) is 3. The van der Waals surface area contributed by atoms with Crippen LogP contribution >= 0.6 is 12.6 Å². The van der Waals surface area contributed by atoms with Crippen molar-refractivity contribution >= 4 is 89.5 Å². The molecule has 0 aromatic heterocycles. The number of benzene rings is 2. The molecule has 4 fully saturated rings. The van der Waals surface area contributed by atoms with Gasteiger partial charge in [-0.1, -0.05) is 159 Å². The lowest BCUT2D eigenvalue weighted by Crippen LogP contribution is -2.62. The van der Waals surface area contributed by atoms with Crippen LogP contribution in [0, 0.1) is 23.7 Å². The summed E-state index contributed by atoms with van der Waals surface area (Å²) in [5.74, 6) is -13.2. The largest absolute Gasteiger partial charge is 0.481 e. The summed E-state index contributed by atoms with van der Waals surface area (Å²) in [5.41, 5.74) is 6.69. The van der Waals surface area contributed by atoms with Crippen LogP contribution < -0.4 is 43.0 Å². The Morgan fingerprint density at radius 2 is 1.12 bits per heavy atom. The molecule has 2 heterocycles. The second-order valence-corrected chi connectivity index (χ2v) is 27.8. The first-order valence-corrected chi connectivity index (χ1v) is 35.3. The number of nitrogens with two attached hydrogens (primary N) is 1. The highest BCUT2D eigenvalue weighted by Gasteiger charge is 2.47. The Balaban J connectivity index is 1.28. The molecule has 0 bridgehead atoms. The number of likely N-dealkylation sites (tertiary alicyclic amines) is 2. The molecule has 27 nitrogen and oxygen atoms in total. The van der Waals surface area contributed by atoms with Crippen molar-refractivity contribution in [2.75, 3.05) is 25.9 Å². The third kappa shape index (κ3) is 22.7. The predicted molar refractivity (Wildman–Crippen MR) is 365 cm³/mol. The van der Waals surface area contributed by atoms with E-state index in [1.807, 2.05) is 13.8 Å². The molecule has 12 atom stereocenters. The molecule has 4 aliphatic rings. The highest BCUT2D eigenvalue weighted by molar-refractivity contribution is 7.80. The van der Waals surface area contributed by atoms with Crippen molar-refractivity contribution in [2.24, 2.45) is 29.4 Å². The average Bonchev–Trinajstić information content (AvgIpc) is 0.894. The third-order valence-corrected chi connectivity index (χ3v) is 19.9. The van der Waals surface area contributed by atoms with E-state index in [2.05, 4.69) is 49.8 Å². The molecule has 2 saturated heterocycles. The van der Waals surface area contributed by atoms with E-state index in [0.717, 1.165) is 71.1 Å². The molecule has 2 aliphatic heterocycles. The molecule has 2 aromatic rings. The molecule has 1 unspecified atom stereocenters. The fourth-order valence-electron chi connectivity index (χ4n) is 14.1. The Hall–Kier alpha value is -8.14. The number of aliphatic hydroxyl groups is 1. The summed E-state index contributed by atoms with van der Waals surface area (Å²) < 4.78 is 0. The number of aliphatic hydroxyl groups excluding tert-OH is 1. The van der Waals surface area contributed by atoms with Crippen molar-refractivity contribution in [1.82, 2.24) is 51.9 Å². The minimum atomic E-state index is -1.71. The Bertz CT molecular complexity index is 3040. The quantitative estimate of drug-likeness (QED) is 0.0442. The van der Waals surface area contributed by atoms with E-state index in [1.54, 1.807) is 74.5 Å². The number of carboxylic acid groups (broad SMARTS) is 2. The molecule has 12 N–H and O–H groups in total. The number of carbonyl (C=O) groups excluding carboxylic acids is 11. The van der Waals surface area contributed by atoms with E-state index in [-0.39, 0.29) is 68.7 Å². The molecule has 540 valence electrons. The van der Waals surface area contributed by atoms with Gasteiger partial charge in [0.05, 0.1) is 12.5 Å². The predicted octanol–water partition coefficient (Wildman–Crippen LogP) is 2.80. The highest BCUT2D eigenvalue weighted by Crippen LogP contribution is 2.33. The van der Waals surface area contributed by atoms with Crippen LogP contribution in [0.25, 0.3) is 0 Å². The number of rotatable bonds is 35. The van der Waals surface area contributed by atoms with Gasteiger partial charge in [-0.3, -0.25) is 62.3 Å². The number of carboxylic acids is 2. The SMILES string of the molecule is CC[C@H](C)[C@H](NC(=O)[C@@H](NC(=O)[C@H](CCC(=O)O)NC(=O)[C@H](CC(=O)O)NC(C)=O)C(c1ccccc1)c1ccccc1)C(=O)N(C)[C@@H](CC1CCCCC1)C(=O)N[C@@H](CS)C(=O)N1CCC[C@H]1C(=O)N[C@@H](CC1CCCCC1)C(=O)N1CC(O)C[C@H]1C(=O)N[C@@H](CC(C)C)C(N)=O. The van der Waals surface area contributed by atoms with Crippen LogP contribution in [0.4, 0.5) is 0 Å². The second kappa shape index (κ2) is 38.3. The van der Waals surface area contributed by atoms with Gasteiger partial charge in [-0.25, -0.2) is 0 Å². The van der Waals surface area contributed by atoms with Crippen molar-refractivity contribution in [1.29, 1.82) is 0 Å². The fourth-order valence-corrected chi connectivity index (χ4v) is 14.3. The molecule has 2 aromatic carbocycles. The smallest absolute Gasteiger partial charge is 0.305 e. The summed E-state index contributed by atoms with van der Waals surface area (Å²) in [6.45, 7) is 8.21. The van der Waals surface area contributed by atoms with Crippen LogP contribution in [-0.2, 0) is 62.3 Å². The van der Waals surface area contributed by atoms with Crippen LogP contribution in [0.15, 0.2) is 60.7 Å². The van der Waals surface area contributed by atoms with Crippen LogP contribution in [0.1, 0.15) is 180 Å². The highest BCUT2D eigenvalue weighted by atomic mass is 32.1. The molecular formula is C70H103N11O16S. The average molecular weight is 1390 g/mol. The van der Waals surface area contributed by atoms with Gasteiger partial charge in [0, 0.05) is 51.6 Å². The summed E-state index contributed by atoms with van der Waals surface area (Å²) in [4.78, 5) is 185. The maximum Gasteiger partial charge on any atom is 0.305 e. The minimum Gasteiger partial charge on any atom is -0.481 e. The normalized spacial score (nSPS) is 20.2. The number of hydrogen-bond acceptors (Lipinski definition) is 15. The molecule has 6 rings (SSSR count). The van der Waals surface area contributed by atoms with Gasteiger partial charge in [-0.2, -0.15) is 12.6 Å². The molecule has 0 radical (unpaired) electrons. The van der Waals surface area contributed by atoms with Gasteiger partial charge in [0.15, 0.2) is 0 Å². The Morgan fingerprint density at radius 3 is 1.65 bits per heavy atom. The van der Waals surface area contributed by atoms with Gasteiger partial charge in [0.2, 0.25) is 65.0 Å². The second-order valence-electron chi connectivity index (χ2n) is 27.4. The lowest BCUT2D eigenvalue weighted by molar-refractivity contribution is -0.146. The summed E-state index contributed by atoms with van der Waals surface area (Å²) in [7, 11) is 1.44. The molecule has 2 aliphatic carbocycles. The number of thiol groups is 1. The number of aliphatic carboxylic acids is 2. The van der Waals surface area contributed by atoms with Gasteiger partial charge in [-0.05, 0) is 73.3 Å². The number of hydrogen-bond donors (Lipinski definition) is 12. The van der Waals surface area contributed by atoms with Crippen LogP contribution in [0.5, 0.6) is 0 Å². The standard InChI is InChI=1S/C70H103N11O16S/c1-7-41(4)59(77-67(94)60(58(45-25-16-10-17-26-45)46-27-18-11-19-28-46)78-62(89)48(30-31-56(84)85)73-63(90)50(37-57(86)87)72-42(5)82)70(97)79(6)54(35-44-23-14-9-15-24-44)65(92)76-52(39-98)69(96)80-32-20-29-53(80)64(91)75-51(34-43-21-12-8-13-22-43)68(95)81-38-47(83)36-55(81)66(93)74-49(61(71)88)33-40(2)3/h10-11,16-19,25-28,40-41,43-44,47-55,58-60,83,98H,7-9,12-15,20-24,29-39H2,1-6H3,(H2,71,88)(H,72,82)(H,73,90)(H,74,93)(H,75,91)(H,76,92)(H,77,94)(H,78,89)(H,84,85)(H,86,87)/t41-,47?,48-,49-,50-,51-,52-,53-,54-,55-,59-,60-/m0/s1. The number of nitrogens with one attached hydrogen (secondary N) is 7. The molecule has 0 spiro atoms. The number of β-amino-alcohol motifs (C(OH)–C–C–N with tert-alkyl or cyclic N) is 1. The zero-order valence-electron chi connectivity index (χ0n) is 57.3. The maximum absolute atomic E-state index is 15.5. The van der Waals surface area contributed by atoms with Crippen LogP contribution in [0.2, 0.25) is 0 Å². The van der Waals surface area contributed by atoms with Crippen molar-refractivity contribution in [3.05, 3.63) is 71.8 Å². The summed E-state index contributed by atoms with van der Waals surface area (Å²) >= 11 is 4.55. The van der Waals surface area contributed by atoms with E-state index in [4.69, 9.17) is 5.73 Å². The number of primary amides is 1. The van der Waals surface area contributed by atoms with Gasteiger partial charge >= 0.3 is 11.9 Å². The monoisotopic (exact) mass is 1390 g/mol. The molecule has 2 saturated carbocycles. The summed E-state index contributed by atoms with van der Waals surface area (Å²) in [6, 6.07) is 3.81. The van der Waals surface area contributed by atoms with Crippen molar-refractivity contribution in [3.8, 4) is 0 Å². The van der Waals surface area contributed by atoms with E-state index in [9.17, 15) is 63.3 Å². The Morgan fingerprint density at radius 1 is 0.592 bits per heavy atom. The van der Waals surface area contributed by atoms with E-state index in [0.29, 0.717) is 24.0 Å². The first-order chi connectivity index (χ1) is 46.6.